The van der Waals surface area contributed by atoms with Crippen molar-refractivity contribution in [3.63, 3.8) is 0 Å². The zero-order chi connectivity index (χ0) is 19.5. The molecule has 1 aliphatic heterocycles. The largest absolute Gasteiger partial charge is 0.361 e. The molecule has 0 radical (unpaired) electrons. The highest BCUT2D eigenvalue weighted by molar-refractivity contribution is 5.32. The summed E-state index contributed by atoms with van der Waals surface area (Å²) in [5, 5.41) is 4.07. The summed E-state index contributed by atoms with van der Waals surface area (Å²) in [6, 6.07) is 15.1. The normalized spacial score (nSPS) is 16.0. The van der Waals surface area contributed by atoms with Crippen LogP contribution in [0.3, 0.4) is 0 Å². The molecule has 0 atom stereocenters. The van der Waals surface area contributed by atoms with Crippen molar-refractivity contribution in [2.75, 3.05) is 26.2 Å². The fourth-order valence-corrected chi connectivity index (χ4v) is 3.81. The number of nitrogens with zero attached hydrogens (tertiary/aromatic N) is 3. The maximum absolute atomic E-state index is 13.4. The second-order valence-corrected chi connectivity index (χ2v) is 7.25. The Labute approximate surface area is 163 Å². The highest BCUT2D eigenvalue weighted by atomic mass is 19.1. The summed E-state index contributed by atoms with van der Waals surface area (Å²) >= 11 is 0. The van der Waals surface area contributed by atoms with Crippen LogP contribution in [0.15, 0.2) is 59.1 Å². The Balaban J connectivity index is 1.51. The van der Waals surface area contributed by atoms with E-state index in [4.69, 9.17) is 4.52 Å². The number of piperazine rings is 1. The van der Waals surface area contributed by atoms with Gasteiger partial charge in [-0.05, 0) is 42.3 Å². The molecule has 1 aliphatic rings. The van der Waals surface area contributed by atoms with Crippen molar-refractivity contribution in [2.45, 2.75) is 19.5 Å². The summed E-state index contributed by atoms with van der Waals surface area (Å²) in [4.78, 5) is 4.71. The molecule has 0 unspecified atom stereocenters. The first-order valence-corrected chi connectivity index (χ1v) is 9.48. The van der Waals surface area contributed by atoms with Crippen LogP contribution in [-0.4, -0.2) is 41.1 Å². The van der Waals surface area contributed by atoms with Crippen LogP contribution in [0.5, 0.6) is 0 Å². The van der Waals surface area contributed by atoms with Crippen molar-refractivity contribution in [3.05, 3.63) is 88.8 Å². The topological polar surface area (TPSA) is 32.5 Å². The van der Waals surface area contributed by atoms with Crippen LogP contribution in [0, 0.1) is 18.6 Å². The summed E-state index contributed by atoms with van der Waals surface area (Å²) in [6.07, 6.45) is 0. The molecule has 0 aliphatic carbocycles. The van der Waals surface area contributed by atoms with Gasteiger partial charge < -0.3 is 4.52 Å². The molecule has 28 heavy (non-hydrogen) atoms. The van der Waals surface area contributed by atoms with Gasteiger partial charge in [-0.3, -0.25) is 9.80 Å². The van der Waals surface area contributed by atoms with Crippen LogP contribution in [0.25, 0.3) is 0 Å². The molecule has 1 fully saturated rings. The average molecular weight is 383 g/mol. The number of halogens is 2. The molecule has 1 saturated heterocycles. The Morgan fingerprint density at radius 1 is 0.893 bits per heavy atom. The van der Waals surface area contributed by atoms with Gasteiger partial charge in [-0.15, -0.1) is 0 Å². The van der Waals surface area contributed by atoms with E-state index in [1.165, 1.54) is 24.3 Å². The quantitative estimate of drug-likeness (QED) is 0.662. The van der Waals surface area contributed by atoms with Crippen LogP contribution in [0.1, 0.15) is 28.6 Å². The lowest BCUT2D eigenvalue weighted by molar-refractivity contribution is 0.103. The molecule has 0 saturated carbocycles. The Morgan fingerprint density at radius 3 is 1.89 bits per heavy atom. The molecule has 3 aromatic rings. The van der Waals surface area contributed by atoms with E-state index in [-0.39, 0.29) is 17.7 Å². The van der Waals surface area contributed by atoms with Crippen molar-refractivity contribution >= 4 is 0 Å². The SMILES string of the molecule is Cc1cc(CN2CCN(C(c3ccc(F)cc3)c3ccc(F)cc3)CC2)no1. The van der Waals surface area contributed by atoms with Crippen molar-refractivity contribution in [1.29, 1.82) is 0 Å². The Kier molecular flexibility index (Phi) is 5.50. The lowest BCUT2D eigenvalue weighted by Gasteiger charge is -2.39. The molecule has 146 valence electrons. The van der Waals surface area contributed by atoms with Gasteiger partial charge >= 0.3 is 0 Å². The fourth-order valence-electron chi connectivity index (χ4n) is 3.81. The summed E-state index contributed by atoms with van der Waals surface area (Å²) in [5.74, 6) is 0.310. The first-order chi connectivity index (χ1) is 13.6. The first kappa shape index (κ1) is 18.8. The molecule has 2 aromatic carbocycles. The van der Waals surface area contributed by atoms with E-state index in [9.17, 15) is 8.78 Å². The van der Waals surface area contributed by atoms with Crippen LogP contribution in [-0.2, 0) is 6.54 Å². The monoisotopic (exact) mass is 383 g/mol. The molecule has 1 aromatic heterocycles. The summed E-state index contributed by atoms with van der Waals surface area (Å²) in [5.41, 5.74) is 2.96. The number of benzene rings is 2. The number of rotatable bonds is 5. The Morgan fingerprint density at radius 2 is 1.43 bits per heavy atom. The summed E-state index contributed by atoms with van der Waals surface area (Å²) < 4.78 is 32.0. The third-order valence-corrected chi connectivity index (χ3v) is 5.21. The van der Waals surface area contributed by atoms with Gasteiger partial charge in [-0.2, -0.15) is 0 Å². The summed E-state index contributed by atoms with van der Waals surface area (Å²) in [7, 11) is 0. The summed E-state index contributed by atoms with van der Waals surface area (Å²) in [6.45, 7) is 6.16. The molecule has 4 rings (SSSR count). The zero-order valence-corrected chi connectivity index (χ0v) is 15.8. The molecule has 0 N–H and O–H groups in total. The molecule has 0 amide bonds. The first-order valence-electron chi connectivity index (χ1n) is 9.48. The highest BCUT2D eigenvalue weighted by Gasteiger charge is 2.27. The predicted molar refractivity (Wildman–Crippen MR) is 103 cm³/mol. The predicted octanol–water partition coefficient (Wildman–Crippen LogP) is 4.17. The van der Waals surface area contributed by atoms with E-state index in [0.717, 1.165) is 55.3 Å². The molecule has 4 nitrogen and oxygen atoms in total. The maximum atomic E-state index is 13.4. The minimum absolute atomic E-state index is 0.0300. The third-order valence-electron chi connectivity index (χ3n) is 5.21. The number of aromatic nitrogens is 1. The molecular formula is C22H23F2N3O. The van der Waals surface area contributed by atoms with Gasteiger partial charge in [-0.1, -0.05) is 29.4 Å². The van der Waals surface area contributed by atoms with Crippen molar-refractivity contribution in [2.24, 2.45) is 0 Å². The minimum Gasteiger partial charge on any atom is -0.361 e. The van der Waals surface area contributed by atoms with Gasteiger partial charge in [0.2, 0.25) is 0 Å². The van der Waals surface area contributed by atoms with E-state index in [2.05, 4.69) is 15.0 Å². The van der Waals surface area contributed by atoms with Gasteiger partial charge in [-0.25, -0.2) is 8.78 Å². The van der Waals surface area contributed by atoms with Crippen molar-refractivity contribution < 1.29 is 13.3 Å². The van der Waals surface area contributed by atoms with Crippen LogP contribution >= 0.6 is 0 Å². The lowest BCUT2D eigenvalue weighted by Crippen LogP contribution is -2.47. The standard InChI is InChI=1S/C22H23F2N3O/c1-16-14-21(25-28-16)15-26-10-12-27(13-11-26)22(17-2-6-19(23)7-3-17)18-4-8-20(24)9-5-18/h2-9,14,22H,10-13,15H2,1H3. The third kappa shape index (κ3) is 4.29. The number of aryl methyl sites for hydroxylation is 1. The molecule has 0 spiro atoms. The maximum Gasteiger partial charge on any atom is 0.133 e. The number of hydrogen-bond donors (Lipinski definition) is 0. The van der Waals surface area contributed by atoms with Gasteiger partial charge in [0.25, 0.3) is 0 Å². The van der Waals surface area contributed by atoms with E-state index in [1.807, 2.05) is 37.3 Å². The van der Waals surface area contributed by atoms with Crippen LogP contribution in [0.2, 0.25) is 0 Å². The van der Waals surface area contributed by atoms with E-state index >= 15 is 0 Å². The molecule has 2 heterocycles. The van der Waals surface area contributed by atoms with E-state index < -0.39 is 0 Å². The highest BCUT2D eigenvalue weighted by Crippen LogP contribution is 2.30. The van der Waals surface area contributed by atoms with Gasteiger partial charge in [0.05, 0.1) is 11.7 Å². The Bertz CT molecular complexity index is 855. The van der Waals surface area contributed by atoms with Gasteiger partial charge in [0.1, 0.15) is 17.4 Å². The van der Waals surface area contributed by atoms with Crippen LogP contribution < -0.4 is 0 Å². The number of hydrogen-bond acceptors (Lipinski definition) is 4. The van der Waals surface area contributed by atoms with Gasteiger partial charge in [0.15, 0.2) is 0 Å². The zero-order valence-electron chi connectivity index (χ0n) is 15.8. The molecule has 6 heteroatoms. The van der Waals surface area contributed by atoms with Crippen molar-refractivity contribution in [1.82, 2.24) is 15.0 Å². The second kappa shape index (κ2) is 8.20. The van der Waals surface area contributed by atoms with Crippen molar-refractivity contribution in [3.8, 4) is 0 Å². The van der Waals surface area contributed by atoms with E-state index in [1.54, 1.807) is 0 Å². The van der Waals surface area contributed by atoms with E-state index in [0.29, 0.717) is 0 Å². The fraction of sp³-hybridized carbons (Fsp3) is 0.318. The van der Waals surface area contributed by atoms with Gasteiger partial charge in [0, 0.05) is 38.8 Å². The van der Waals surface area contributed by atoms with Crippen LogP contribution in [0.4, 0.5) is 8.78 Å². The molecular weight excluding hydrogens is 360 g/mol. The minimum atomic E-state index is -0.255. The second-order valence-electron chi connectivity index (χ2n) is 7.25. The molecule has 0 bridgehead atoms. The smallest absolute Gasteiger partial charge is 0.133 e. The Hall–Kier alpha value is -2.57. The average Bonchev–Trinajstić information content (AvgIpc) is 3.11. The lowest BCUT2D eigenvalue weighted by atomic mass is 9.96.